The molecule has 0 radical (unpaired) electrons. The van der Waals surface area contributed by atoms with Gasteiger partial charge in [0.2, 0.25) is 0 Å². The molecule has 0 aromatic rings. The van der Waals surface area contributed by atoms with Crippen LogP contribution in [-0.2, 0) is 14.2 Å². The largest absolute Gasteiger partial charge is 0.381 e. The van der Waals surface area contributed by atoms with Crippen molar-refractivity contribution in [3.05, 3.63) is 10.1 Å². The summed E-state index contributed by atoms with van der Waals surface area (Å²) in [5.41, 5.74) is -1.65. The van der Waals surface area contributed by atoms with Gasteiger partial charge in [-0.15, -0.1) is 0 Å². The molecule has 0 amide bonds. The van der Waals surface area contributed by atoms with E-state index in [9.17, 15) is 15.2 Å². The molecule has 1 saturated heterocycles. The van der Waals surface area contributed by atoms with E-state index in [0.717, 1.165) is 0 Å². The molecule has 1 aliphatic heterocycles. The van der Waals surface area contributed by atoms with Crippen LogP contribution in [0.1, 0.15) is 13.8 Å². The van der Waals surface area contributed by atoms with Gasteiger partial charge in [0.25, 0.3) is 5.54 Å². The second-order valence-corrected chi connectivity index (χ2v) is 4.03. The summed E-state index contributed by atoms with van der Waals surface area (Å²) in [6, 6.07) is 0. The summed E-state index contributed by atoms with van der Waals surface area (Å²) in [4.78, 5) is 10.6. The van der Waals surface area contributed by atoms with Gasteiger partial charge in [0, 0.05) is 26.1 Å². The van der Waals surface area contributed by atoms with Crippen LogP contribution < -0.4 is 0 Å². The zero-order valence-electron chi connectivity index (χ0n) is 9.75. The SMILES string of the molecule is CO[C@@H]1O[C@@H](C)[C@H](OC)[C@](C)([N+](=O)[O-])[C@@H]1O. The topological polar surface area (TPSA) is 91.1 Å². The molecule has 1 N–H and O–H groups in total. The maximum absolute atomic E-state index is 11.1. The Kier molecular flexibility index (Phi) is 3.84. The Labute approximate surface area is 93.4 Å². The lowest BCUT2D eigenvalue weighted by molar-refractivity contribution is -0.609. The van der Waals surface area contributed by atoms with Crippen molar-refractivity contribution in [1.29, 1.82) is 0 Å². The molecule has 0 bridgehead atoms. The highest BCUT2D eigenvalue weighted by Crippen LogP contribution is 2.34. The Bertz CT molecular complexity index is 273. The van der Waals surface area contributed by atoms with Crippen LogP contribution in [0.5, 0.6) is 0 Å². The molecule has 1 fully saturated rings. The molecule has 1 aliphatic rings. The van der Waals surface area contributed by atoms with E-state index in [-0.39, 0.29) is 0 Å². The second-order valence-electron chi connectivity index (χ2n) is 4.03. The quantitative estimate of drug-likeness (QED) is 0.537. The Morgan fingerprint density at radius 2 is 2.00 bits per heavy atom. The van der Waals surface area contributed by atoms with Crippen molar-refractivity contribution in [2.45, 2.75) is 44.0 Å². The van der Waals surface area contributed by atoms with E-state index in [1.807, 2.05) is 0 Å². The highest BCUT2D eigenvalue weighted by atomic mass is 16.7. The fraction of sp³-hybridized carbons (Fsp3) is 1.00. The fourth-order valence-corrected chi connectivity index (χ4v) is 2.10. The molecule has 7 nitrogen and oxygen atoms in total. The molecule has 16 heavy (non-hydrogen) atoms. The van der Waals surface area contributed by atoms with Crippen LogP contribution in [0, 0.1) is 10.1 Å². The monoisotopic (exact) mass is 235 g/mol. The van der Waals surface area contributed by atoms with Crippen LogP contribution >= 0.6 is 0 Å². The van der Waals surface area contributed by atoms with Gasteiger partial charge in [-0.25, -0.2) is 0 Å². The van der Waals surface area contributed by atoms with Crippen LogP contribution in [0.3, 0.4) is 0 Å². The van der Waals surface area contributed by atoms with E-state index in [0.29, 0.717) is 0 Å². The molecule has 5 atom stereocenters. The number of nitro groups is 1. The average Bonchev–Trinajstić information content (AvgIpc) is 2.23. The predicted molar refractivity (Wildman–Crippen MR) is 53.5 cm³/mol. The van der Waals surface area contributed by atoms with E-state index in [1.165, 1.54) is 21.1 Å². The molecule has 0 unspecified atom stereocenters. The summed E-state index contributed by atoms with van der Waals surface area (Å²) in [5, 5.41) is 21.0. The van der Waals surface area contributed by atoms with Gasteiger partial charge in [-0.2, -0.15) is 0 Å². The van der Waals surface area contributed by atoms with E-state index in [1.54, 1.807) is 6.92 Å². The zero-order valence-corrected chi connectivity index (χ0v) is 9.75. The van der Waals surface area contributed by atoms with E-state index in [2.05, 4.69) is 0 Å². The minimum Gasteiger partial charge on any atom is -0.381 e. The second kappa shape index (κ2) is 4.62. The van der Waals surface area contributed by atoms with Gasteiger partial charge in [0.1, 0.15) is 0 Å². The maximum atomic E-state index is 11.1. The van der Waals surface area contributed by atoms with E-state index >= 15 is 0 Å². The molecule has 0 spiro atoms. The van der Waals surface area contributed by atoms with Crippen molar-refractivity contribution < 1.29 is 24.2 Å². The minimum absolute atomic E-state index is 0.534. The average molecular weight is 235 g/mol. The van der Waals surface area contributed by atoms with Gasteiger partial charge in [-0.3, -0.25) is 10.1 Å². The van der Waals surface area contributed by atoms with Crippen molar-refractivity contribution >= 4 is 0 Å². The first-order valence-corrected chi connectivity index (χ1v) is 4.93. The molecular weight excluding hydrogens is 218 g/mol. The number of aliphatic hydroxyl groups excluding tert-OH is 1. The first kappa shape index (κ1) is 13.3. The van der Waals surface area contributed by atoms with Gasteiger partial charge < -0.3 is 19.3 Å². The smallest absolute Gasteiger partial charge is 0.277 e. The number of ether oxygens (including phenoxy) is 3. The highest BCUT2D eigenvalue weighted by molar-refractivity contribution is 4.99. The van der Waals surface area contributed by atoms with E-state index in [4.69, 9.17) is 14.2 Å². The Morgan fingerprint density at radius 3 is 2.38 bits per heavy atom. The predicted octanol–water partition coefficient (Wildman–Crippen LogP) is -0.211. The number of nitrogens with zero attached hydrogens (tertiary/aromatic N) is 1. The normalized spacial score (nSPS) is 44.3. The highest BCUT2D eigenvalue weighted by Gasteiger charge is 2.62. The molecule has 1 heterocycles. The molecule has 0 aromatic heterocycles. The lowest BCUT2D eigenvalue weighted by Gasteiger charge is -2.43. The van der Waals surface area contributed by atoms with Crippen LogP contribution in [0.15, 0.2) is 0 Å². The summed E-state index contributed by atoms with van der Waals surface area (Å²) in [6.07, 6.45) is -3.76. The third kappa shape index (κ3) is 1.80. The molecule has 94 valence electrons. The van der Waals surface area contributed by atoms with Crippen LogP contribution in [0.4, 0.5) is 0 Å². The van der Waals surface area contributed by atoms with Crippen LogP contribution in [0.25, 0.3) is 0 Å². The van der Waals surface area contributed by atoms with Crippen molar-refractivity contribution in [3.8, 4) is 0 Å². The zero-order chi connectivity index (χ0) is 12.5. The van der Waals surface area contributed by atoms with Crippen molar-refractivity contribution in [2.24, 2.45) is 0 Å². The van der Waals surface area contributed by atoms with Crippen molar-refractivity contribution in [1.82, 2.24) is 0 Å². The standard InChI is InChI=1S/C9H17NO6/c1-5-7(14-3)9(2,10(12)13)6(11)8(15-4)16-5/h5-8,11H,1-4H3/t5-,6+,7-,8+,9+/m0/s1. The first-order chi connectivity index (χ1) is 7.39. The van der Waals surface area contributed by atoms with Gasteiger partial charge in [-0.1, -0.05) is 0 Å². The molecule has 0 aliphatic carbocycles. The maximum Gasteiger partial charge on any atom is 0.277 e. The summed E-state index contributed by atoms with van der Waals surface area (Å²) in [7, 11) is 2.68. The first-order valence-electron chi connectivity index (χ1n) is 4.93. The molecule has 0 saturated carbocycles. The lowest BCUT2D eigenvalue weighted by Crippen LogP contribution is -2.68. The lowest BCUT2D eigenvalue weighted by atomic mass is 9.83. The molecule has 0 aromatic carbocycles. The summed E-state index contributed by atoms with van der Waals surface area (Å²) >= 11 is 0. The fourth-order valence-electron chi connectivity index (χ4n) is 2.10. The third-order valence-corrected chi connectivity index (χ3v) is 3.09. The number of methoxy groups -OCH3 is 2. The van der Waals surface area contributed by atoms with Gasteiger partial charge in [0.05, 0.1) is 6.10 Å². The Morgan fingerprint density at radius 1 is 1.44 bits per heavy atom. The summed E-state index contributed by atoms with van der Waals surface area (Å²) in [5.74, 6) is 0. The Hall–Kier alpha value is -0.760. The number of aliphatic hydroxyl groups is 1. The summed E-state index contributed by atoms with van der Waals surface area (Å²) < 4.78 is 15.2. The number of hydrogen-bond donors (Lipinski definition) is 1. The molecule has 7 heteroatoms. The summed E-state index contributed by atoms with van der Waals surface area (Å²) in [6.45, 7) is 2.98. The van der Waals surface area contributed by atoms with Gasteiger partial charge in [0.15, 0.2) is 18.5 Å². The van der Waals surface area contributed by atoms with Crippen LogP contribution in [-0.4, -0.2) is 54.4 Å². The van der Waals surface area contributed by atoms with E-state index < -0.39 is 35.1 Å². The van der Waals surface area contributed by atoms with Gasteiger partial charge in [-0.05, 0) is 6.92 Å². The van der Waals surface area contributed by atoms with Crippen molar-refractivity contribution in [2.75, 3.05) is 14.2 Å². The van der Waals surface area contributed by atoms with Gasteiger partial charge >= 0.3 is 0 Å². The minimum atomic E-state index is -1.65. The number of rotatable bonds is 3. The third-order valence-electron chi connectivity index (χ3n) is 3.09. The Balaban J connectivity index is 3.09. The number of hydrogen-bond acceptors (Lipinski definition) is 6. The van der Waals surface area contributed by atoms with Crippen LogP contribution in [0.2, 0.25) is 0 Å². The molecular formula is C9H17NO6. The van der Waals surface area contributed by atoms with Crippen molar-refractivity contribution in [3.63, 3.8) is 0 Å². The molecule has 1 rings (SSSR count).